The van der Waals surface area contributed by atoms with Crippen LogP contribution < -0.4 is 0 Å². The second kappa shape index (κ2) is 6.39. The minimum Gasteiger partial charge on any atom is -0.469 e. The van der Waals surface area contributed by atoms with Crippen LogP contribution in [0.4, 0.5) is 0 Å². The third kappa shape index (κ3) is 2.17. The highest BCUT2D eigenvalue weighted by Crippen LogP contribution is 2.70. The van der Waals surface area contributed by atoms with Gasteiger partial charge in [0.05, 0.1) is 14.2 Å². The Morgan fingerprint density at radius 3 is 2.04 bits per heavy atom. The molecule has 140 valence electrons. The Morgan fingerprint density at radius 1 is 0.889 bits per heavy atom. The molecule has 0 aliphatic carbocycles. The van der Waals surface area contributed by atoms with Crippen molar-refractivity contribution in [1.29, 1.82) is 0 Å². The summed E-state index contributed by atoms with van der Waals surface area (Å²) in [6, 6.07) is 17.3. The van der Waals surface area contributed by atoms with E-state index < -0.39 is 34.3 Å². The summed E-state index contributed by atoms with van der Waals surface area (Å²) in [7, 11) is 2.66. The third-order valence-corrected chi connectivity index (χ3v) is 6.78. The molecule has 4 rings (SSSR count). The van der Waals surface area contributed by atoms with Crippen molar-refractivity contribution in [2.24, 2.45) is 11.8 Å². The van der Waals surface area contributed by atoms with E-state index in [2.05, 4.69) is 0 Å². The molecule has 0 radical (unpaired) electrons. The average molecular weight is 384 g/mol. The SMILES string of the molecule is COC(=O)[C@H]1[C@H](C(=O)OC)[C@]2(SC)O[C@@]1(c1ccccc1)c1ccccc12. The molecule has 0 unspecified atom stereocenters. The smallest absolute Gasteiger partial charge is 0.313 e. The third-order valence-electron chi connectivity index (χ3n) is 5.61. The van der Waals surface area contributed by atoms with Crippen LogP contribution in [0.1, 0.15) is 16.7 Å². The Hall–Kier alpha value is -2.31. The van der Waals surface area contributed by atoms with Crippen LogP contribution in [0.5, 0.6) is 0 Å². The van der Waals surface area contributed by atoms with E-state index >= 15 is 0 Å². The number of fused-ring (bicyclic) bond motifs is 5. The fraction of sp³-hybridized carbons (Fsp3) is 0.333. The first kappa shape index (κ1) is 18.1. The highest BCUT2D eigenvalue weighted by atomic mass is 32.2. The molecule has 2 bridgehead atoms. The summed E-state index contributed by atoms with van der Waals surface area (Å²) < 4.78 is 16.9. The van der Waals surface area contributed by atoms with Crippen LogP contribution in [-0.2, 0) is 34.3 Å². The van der Waals surface area contributed by atoms with Gasteiger partial charge in [0.25, 0.3) is 0 Å². The first-order valence-electron chi connectivity index (χ1n) is 8.63. The van der Waals surface area contributed by atoms with Crippen molar-refractivity contribution in [3.63, 3.8) is 0 Å². The fourth-order valence-electron chi connectivity index (χ4n) is 4.58. The maximum Gasteiger partial charge on any atom is 0.313 e. The highest BCUT2D eigenvalue weighted by Gasteiger charge is 2.75. The maximum atomic E-state index is 13.0. The topological polar surface area (TPSA) is 61.8 Å². The van der Waals surface area contributed by atoms with Crippen molar-refractivity contribution >= 4 is 23.7 Å². The molecule has 1 fully saturated rings. The van der Waals surface area contributed by atoms with Gasteiger partial charge in [-0.3, -0.25) is 9.59 Å². The molecule has 0 aromatic heterocycles. The lowest BCUT2D eigenvalue weighted by molar-refractivity contribution is -0.159. The summed E-state index contributed by atoms with van der Waals surface area (Å²) in [5, 5.41) is 0. The van der Waals surface area contributed by atoms with Gasteiger partial charge in [-0.05, 0) is 17.4 Å². The Kier molecular flexibility index (Phi) is 4.28. The second-order valence-corrected chi connectivity index (χ2v) is 7.64. The lowest BCUT2D eigenvalue weighted by Crippen LogP contribution is -2.47. The van der Waals surface area contributed by atoms with Gasteiger partial charge < -0.3 is 14.2 Å². The van der Waals surface area contributed by atoms with E-state index in [0.717, 1.165) is 16.7 Å². The molecule has 1 saturated heterocycles. The largest absolute Gasteiger partial charge is 0.469 e. The molecule has 2 aliphatic rings. The van der Waals surface area contributed by atoms with Crippen molar-refractivity contribution in [2.45, 2.75) is 10.5 Å². The van der Waals surface area contributed by atoms with E-state index in [9.17, 15) is 9.59 Å². The lowest BCUT2D eigenvalue weighted by atomic mass is 9.65. The van der Waals surface area contributed by atoms with E-state index in [1.54, 1.807) is 0 Å². The second-order valence-electron chi connectivity index (χ2n) is 6.62. The van der Waals surface area contributed by atoms with Crippen LogP contribution in [0.15, 0.2) is 54.6 Å². The number of benzene rings is 2. The molecule has 5 nitrogen and oxygen atoms in total. The van der Waals surface area contributed by atoms with E-state index in [1.807, 2.05) is 60.9 Å². The zero-order valence-corrected chi connectivity index (χ0v) is 16.1. The number of carbonyl (C=O) groups excluding carboxylic acids is 2. The fourth-order valence-corrected chi connectivity index (χ4v) is 5.68. The molecular formula is C21H20O5S. The van der Waals surface area contributed by atoms with Crippen LogP contribution in [0.25, 0.3) is 0 Å². The van der Waals surface area contributed by atoms with Gasteiger partial charge in [0, 0.05) is 5.56 Å². The summed E-state index contributed by atoms with van der Waals surface area (Å²) in [5.41, 5.74) is 1.50. The molecule has 2 aromatic rings. The number of hydrogen-bond donors (Lipinski definition) is 0. The Balaban J connectivity index is 2.08. The van der Waals surface area contributed by atoms with Gasteiger partial charge >= 0.3 is 11.9 Å². The van der Waals surface area contributed by atoms with Crippen LogP contribution in [0.3, 0.4) is 0 Å². The van der Waals surface area contributed by atoms with Crippen LogP contribution in [0, 0.1) is 11.8 Å². The van der Waals surface area contributed by atoms with Gasteiger partial charge in [-0.2, -0.15) is 0 Å². The van der Waals surface area contributed by atoms with Gasteiger partial charge in [0.15, 0.2) is 4.93 Å². The monoisotopic (exact) mass is 384 g/mol. The highest BCUT2D eigenvalue weighted by molar-refractivity contribution is 7.99. The van der Waals surface area contributed by atoms with Gasteiger partial charge in [0.2, 0.25) is 0 Å². The molecule has 4 atom stereocenters. The van der Waals surface area contributed by atoms with Crippen molar-refractivity contribution < 1.29 is 23.8 Å². The number of esters is 2. The number of hydrogen-bond acceptors (Lipinski definition) is 6. The Labute approximate surface area is 162 Å². The van der Waals surface area contributed by atoms with Gasteiger partial charge in [-0.15, -0.1) is 11.8 Å². The van der Waals surface area contributed by atoms with Crippen molar-refractivity contribution in [1.82, 2.24) is 0 Å². The Bertz CT molecular complexity index is 898. The predicted molar refractivity (Wildman–Crippen MR) is 101 cm³/mol. The van der Waals surface area contributed by atoms with Crippen LogP contribution in [0.2, 0.25) is 0 Å². The zero-order chi connectivity index (χ0) is 19.2. The molecular weight excluding hydrogens is 364 g/mol. The molecule has 27 heavy (non-hydrogen) atoms. The summed E-state index contributed by atoms with van der Waals surface area (Å²) in [6.45, 7) is 0. The van der Waals surface area contributed by atoms with Crippen molar-refractivity contribution in [2.75, 3.05) is 20.5 Å². The molecule has 0 spiro atoms. The van der Waals surface area contributed by atoms with E-state index in [4.69, 9.17) is 14.2 Å². The van der Waals surface area contributed by atoms with Gasteiger partial charge in [-0.1, -0.05) is 54.6 Å². The molecule has 2 aliphatic heterocycles. The number of methoxy groups -OCH3 is 2. The quantitative estimate of drug-likeness (QED) is 0.755. The summed E-state index contributed by atoms with van der Waals surface area (Å²) in [4.78, 5) is 24.8. The maximum absolute atomic E-state index is 13.0. The lowest BCUT2D eigenvalue weighted by Gasteiger charge is -2.37. The van der Waals surface area contributed by atoms with Crippen molar-refractivity contribution in [3.05, 3.63) is 71.3 Å². The standard InChI is InChI=1S/C21H20O5S/c1-24-18(22)16-17(19(23)25-2)21(27-3)15-12-8-7-11-14(15)20(16,26-21)13-9-5-4-6-10-13/h4-12,16-17H,1-3H3/t16-,17-,20+,21+/m1/s1. The molecule has 2 heterocycles. The van der Waals surface area contributed by atoms with Gasteiger partial charge in [-0.25, -0.2) is 0 Å². The summed E-state index contributed by atoms with van der Waals surface area (Å²) >= 11 is 1.41. The molecule has 6 heteroatoms. The summed E-state index contributed by atoms with van der Waals surface area (Å²) in [6.07, 6.45) is 1.88. The van der Waals surface area contributed by atoms with Crippen molar-refractivity contribution in [3.8, 4) is 0 Å². The average Bonchev–Trinajstić information content (AvgIpc) is 3.22. The van der Waals surface area contributed by atoms with E-state index in [1.165, 1.54) is 26.0 Å². The van der Waals surface area contributed by atoms with E-state index in [0.29, 0.717) is 0 Å². The predicted octanol–water partition coefficient (Wildman–Crippen LogP) is 3.07. The zero-order valence-electron chi connectivity index (χ0n) is 15.3. The van der Waals surface area contributed by atoms with E-state index in [-0.39, 0.29) is 0 Å². The molecule has 0 saturated carbocycles. The van der Waals surface area contributed by atoms with Crippen LogP contribution in [-0.4, -0.2) is 32.4 Å². The Morgan fingerprint density at radius 2 is 1.44 bits per heavy atom. The molecule has 0 amide bonds. The normalized spacial score (nSPS) is 30.6. The minimum atomic E-state index is -1.10. The molecule has 0 N–H and O–H groups in total. The number of thioether (sulfide) groups is 1. The number of carbonyl (C=O) groups is 2. The summed E-state index contributed by atoms with van der Waals surface area (Å²) in [5.74, 6) is -2.63. The van der Waals surface area contributed by atoms with Crippen LogP contribution >= 0.6 is 11.8 Å². The first-order chi connectivity index (χ1) is 13.1. The number of rotatable bonds is 4. The molecule has 2 aromatic carbocycles. The van der Waals surface area contributed by atoms with Gasteiger partial charge in [0.1, 0.15) is 17.4 Å². The minimum absolute atomic E-state index is 0.480. The number of ether oxygens (including phenoxy) is 3. The first-order valence-corrected chi connectivity index (χ1v) is 9.85.